The normalized spacial score (nSPS) is 11.4. The van der Waals surface area contributed by atoms with Crippen molar-refractivity contribution in [2.45, 2.75) is 40.3 Å². The van der Waals surface area contributed by atoms with Crippen molar-refractivity contribution in [3.05, 3.63) is 23.0 Å². The van der Waals surface area contributed by atoms with Crippen molar-refractivity contribution in [3.63, 3.8) is 0 Å². The Morgan fingerprint density at radius 1 is 1.39 bits per heavy atom. The number of alkyl halides is 2. The number of rotatable bonds is 8. The number of hydrogen-bond donors (Lipinski definition) is 1. The Hall–Kier alpha value is -0.940. The minimum Gasteiger partial charge on any atom is -0.374 e. The summed E-state index contributed by atoms with van der Waals surface area (Å²) in [4.78, 5) is 0. The van der Waals surface area contributed by atoms with Crippen LogP contribution in [0.4, 0.5) is 8.78 Å². The molecule has 0 aliphatic heterocycles. The molecule has 1 aromatic heterocycles. The SMILES string of the molecule is CCn1c(C)cc(CNCCOCC(F)F)c1C. The molecular weight excluding hydrogens is 238 g/mol. The standard InChI is InChI=1S/C13H22F2N2O/c1-4-17-10(2)7-12(11(17)3)8-16-5-6-18-9-13(14)15/h7,13,16H,4-6,8-9H2,1-3H3. The molecule has 0 amide bonds. The molecule has 1 rings (SSSR count). The van der Waals surface area contributed by atoms with Crippen LogP contribution >= 0.6 is 0 Å². The number of nitrogens with one attached hydrogen (secondary N) is 1. The molecule has 104 valence electrons. The van der Waals surface area contributed by atoms with Gasteiger partial charge in [-0.3, -0.25) is 0 Å². The zero-order valence-electron chi connectivity index (χ0n) is 11.3. The smallest absolute Gasteiger partial charge is 0.261 e. The molecule has 1 heterocycles. The van der Waals surface area contributed by atoms with Gasteiger partial charge in [0.15, 0.2) is 0 Å². The molecule has 5 heteroatoms. The molecule has 18 heavy (non-hydrogen) atoms. The van der Waals surface area contributed by atoms with Crippen LogP contribution < -0.4 is 5.32 Å². The van der Waals surface area contributed by atoms with Crippen molar-refractivity contribution in [3.8, 4) is 0 Å². The Kier molecular flexibility index (Phi) is 6.29. The average Bonchev–Trinajstić information content (AvgIpc) is 2.58. The number of aromatic nitrogens is 1. The zero-order valence-corrected chi connectivity index (χ0v) is 11.3. The molecule has 3 nitrogen and oxygen atoms in total. The fourth-order valence-electron chi connectivity index (χ4n) is 2.08. The van der Waals surface area contributed by atoms with E-state index in [1.54, 1.807) is 0 Å². The maximum atomic E-state index is 11.8. The van der Waals surface area contributed by atoms with Crippen molar-refractivity contribution in [1.29, 1.82) is 0 Å². The topological polar surface area (TPSA) is 26.2 Å². The molecular formula is C13H22F2N2O. The molecule has 0 radical (unpaired) electrons. The predicted octanol–water partition coefficient (Wildman–Crippen LogP) is 2.50. The molecule has 1 N–H and O–H groups in total. The first-order valence-electron chi connectivity index (χ1n) is 6.28. The van der Waals surface area contributed by atoms with E-state index in [2.05, 4.69) is 36.7 Å². The largest absolute Gasteiger partial charge is 0.374 e. The minimum atomic E-state index is -2.38. The van der Waals surface area contributed by atoms with Crippen LogP contribution in [0.1, 0.15) is 23.9 Å². The predicted molar refractivity (Wildman–Crippen MR) is 68.1 cm³/mol. The first-order chi connectivity index (χ1) is 8.56. The maximum absolute atomic E-state index is 11.8. The van der Waals surface area contributed by atoms with Crippen LogP contribution in [-0.2, 0) is 17.8 Å². The van der Waals surface area contributed by atoms with Crippen LogP contribution in [0.5, 0.6) is 0 Å². The Balaban J connectivity index is 2.27. The van der Waals surface area contributed by atoms with Gasteiger partial charge in [0.1, 0.15) is 6.61 Å². The zero-order chi connectivity index (χ0) is 13.5. The maximum Gasteiger partial charge on any atom is 0.261 e. The lowest BCUT2D eigenvalue weighted by Gasteiger charge is -2.07. The van der Waals surface area contributed by atoms with Crippen LogP contribution in [-0.4, -0.2) is 30.8 Å². The van der Waals surface area contributed by atoms with Gasteiger partial charge in [-0.2, -0.15) is 0 Å². The summed E-state index contributed by atoms with van der Waals surface area (Å²) in [6.45, 7) is 8.44. The lowest BCUT2D eigenvalue weighted by molar-refractivity contribution is 0.0187. The Bertz CT molecular complexity index is 364. The summed E-state index contributed by atoms with van der Waals surface area (Å²) in [5.74, 6) is 0. The van der Waals surface area contributed by atoms with Gasteiger partial charge in [0, 0.05) is 31.0 Å². The summed E-state index contributed by atoms with van der Waals surface area (Å²) in [7, 11) is 0. The van der Waals surface area contributed by atoms with E-state index in [-0.39, 0.29) is 0 Å². The van der Waals surface area contributed by atoms with Gasteiger partial charge in [-0.25, -0.2) is 8.78 Å². The monoisotopic (exact) mass is 260 g/mol. The van der Waals surface area contributed by atoms with Crippen molar-refractivity contribution in [2.24, 2.45) is 0 Å². The van der Waals surface area contributed by atoms with E-state index in [9.17, 15) is 8.78 Å². The van der Waals surface area contributed by atoms with Gasteiger partial charge in [0.2, 0.25) is 0 Å². The second-order valence-electron chi connectivity index (χ2n) is 4.28. The van der Waals surface area contributed by atoms with Crippen LogP contribution in [0, 0.1) is 13.8 Å². The molecule has 0 unspecified atom stereocenters. The molecule has 0 bridgehead atoms. The summed E-state index contributed by atoms with van der Waals surface area (Å²) in [6, 6.07) is 2.16. The molecule has 0 fully saturated rings. The van der Waals surface area contributed by atoms with Gasteiger partial charge in [-0.1, -0.05) is 0 Å². The molecule has 0 spiro atoms. The number of halogens is 2. The van der Waals surface area contributed by atoms with Crippen molar-refractivity contribution >= 4 is 0 Å². The molecule has 0 aliphatic carbocycles. The lowest BCUT2D eigenvalue weighted by Crippen LogP contribution is -2.20. The van der Waals surface area contributed by atoms with Crippen LogP contribution in [0.25, 0.3) is 0 Å². The molecule has 0 aliphatic rings. The molecule has 0 saturated heterocycles. The van der Waals surface area contributed by atoms with Gasteiger partial charge >= 0.3 is 0 Å². The second-order valence-corrected chi connectivity index (χ2v) is 4.28. The fourth-order valence-corrected chi connectivity index (χ4v) is 2.08. The number of aryl methyl sites for hydroxylation is 1. The third-order valence-electron chi connectivity index (χ3n) is 2.98. The number of ether oxygens (including phenoxy) is 1. The first kappa shape index (κ1) is 15.1. The molecule has 1 aromatic rings. The number of hydrogen-bond acceptors (Lipinski definition) is 2. The van der Waals surface area contributed by atoms with Gasteiger partial charge in [-0.05, 0) is 32.4 Å². The van der Waals surface area contributed by atoms with Crippen LogP contribution in [0.3, 0.4) is 0 Å². The van der Waals surface area contributed by atoms with Crippen molar-refractivity contribution in [1.82, 2.24) is 9.88 Å². The molecule has 0 atom stereocenters. The van der Waals surface area contributed by atoms with Gasteiger partial charge in [0.05, 0.1) is 6.61 Å². The Morgan fingerprint density at radius 2 is 2.11 bits per heavy atom. The lowest BCUT2D eigenvalue weighted by atomic mass is 10.2. The van der Waals surface area contributed by atoms with Gasteiger partial charge in [-0.15, -0.1) is 0 Å². The summed E-state index contributed by atoms with van der Waals surface area (Å²) < 4.78 is 30.6. The van der Waals surface area contributed by atoms with E-state index in [0.717, 1.165) is 13.1 Å². The van der Waals surface area contributed by atoms with Gasteiger partial charge < -0.3 is 14.6 Å². The minimum absolute atomic E-state index is 0.316. The third-order valence-corrected chi connectivity index (χ3v) is 2.98. The second kappa shape index (κ2) is 7.48. The van der Waals surface area contributed by atoms with Crippen molar-refractivity contribution < 1.29 is 13.5 Å². The van der Waals surface area contributed by atoms with E-state index in [1.807, 2.05) is 0 Å². The highest BCUT2D eigenvalue weighted by Gasteiger charge is 2.07. The quantitative estimate of drug-likeness (QED) is 0.727. The van der Waals surface area contributed by atoms with Gasteiger partial charge in [0.25, 0.3) is 6.43 Å². The summed E-state index contributed by atoms with van der Waals surface area (Å²) in [6.07, 6.45) is -2.38. The van der Waals surface area contributed by atoms with E-state index < -0.39 is 13.0 Å². The number of nitrogens with zero attached hydrogens (tertiary/aromatic N) is 1. The highest BCUT2D eigenvalue weighted by molar-refractivity contribution is 5.26. The molecule has 0 saturated carbocycles. The Labute approximate surface area is 107 Å². The fraction of sp³-hybridized carbons (Fsp3) is 0.692. The summed E-state index contributed by atoms with van der Waals surface area (Å²) in [5.41, 5.74) is 3.76. The first-order valence-corrected chi connectivity index (χ1v) is 6.28. The summed E-state index contributed by atoms with van der Waals surface area (Å²) in [5, 5.41) is 3.20. The Morgan fingerprint density at radius 3 is 2.67 bits per heavy atom. The highest BCUT2D eigenvalue weighted by atomic mass is 19.3. The highest BCUT2D eigenvalue weighted by Crippen LogP contribution is 2.14. The van der Waals surface area contributed by atoms with E-state index in [0.29, 0.717) is 13.2 Å². The third kappa shape index (κ3) is 4.38. The van der Waals surface area contributed by atoms with Crippen molar-refractivity contribution in [2.75, 3.05) is 19.8 Å². The van der Waals surface area contributed by atoms with E-state index >= 15 is 0 Å². The average molecular weight is 260 g/mol. The molecule has 0 aromatic carbocycles. The van der Waals surface area contributed by atoms with E-state index in [1.165, 1.54) is 17.0 Å². The van der Waals surface area contributed by atoms with Crippen LogP contribution in [0.15, 0.2) is 6.07 Å². The van der Waals surface area contributed by atoms with E-state index in [4.69, 9.17) is 4.74 Å². The van der Waals surface area contributed by atoms with Crippen LogP contribution in [0.2, 0.25) is 0 Å². The summed E-state index contributed by atoms with van der Waals surface area (Å²) >= 11 is 0.